The van der Waals surface area contributed by atoms with Gasteiger partial charge in [0, 0.05) is 3.57 Å². The zero-order valence-electron chi connectivity index (χ0n) is 9.45. The van der Waals surface area contributed by atoms with Gasteiger partial charge in [-0.05, 0) is 51.2 Å². The number of nitrogens with zero attached hydrogens (tertiary/aromatic N) is 4. The third-order valence-electron chi connectivity index (χ3n) is 2.18. The fourth-order valence-electron chi connectivity index (χ4n) is 1.39. The Hall–Kier alpha value is -2.04. The lowest BCUT2D eigenvalue weighted by Gasteiger charge is -2.08. The number of carboxylic acids is 1. The van der Waals surface area contributed by atoms with Crippen molar-refractivity contribution in [3.8, 4) is 0 Å². The number of benzene rings is 1. The highest BCUT2D eigenvalue weighted by Crippen LogP contribution is 2.19. The fourth-order valence-corrected chi connectivity index (χ4v) is 1.88. The molecule has 0 aliphatic carbocycles. The van der Waals surface area contributed by atoms with E-state index in [-0.39, 0.29) is 17.8 Å². The molecule has 1 heterocycles. The van der Waals surface area contributed by atoms with Crippen LogP contribution in [0.2, 0.25) is 0 Å². The van der Waals surface area contributed by atoms with E-state index in [0.717, 1.165) is 3.57 Å². The normalized spacial score (nSPS) is 10.2. The topological polar surface area (TPSA) is 110 Å². The second-order valence-corrected chi connectivity index (χ2v) is 4.80. The first-order valence-electron chi connectivity index (χ1n) is 5.10. The van der Waals surface area contributed by atoms with Gasteiger partial charge >= 0.3 is 5.97 Å². The summed E-state index contributed by atoms with van der Waals surface area (Å²) in [6, 6.07) is 4.73. The molecule has 0 spiro atoms. The van der Waals surface area contributed by atoms with Gasteiger partial charge in [-0.1, -0.05) is 0 Å². The molecule has 0 bridgehead atoms. The third kappa shape index (κ3) is 3.47. The maximum absolute atomic E-state index is 11.7. The molecule has 0 atom stereocenters. The molecule has 0 saturated heterocycles. The van der Waals surface area contributed by atoms with Gasteiger partial charge in [0.2, 0.25) is 5.91 Å². The van der Waals surface area contributed by atoms with Gasteiger partial charge in [-0.25, -0.2) is 9.48 Å². The Balaban J connectivity index is 2.14. The molecule has 0 fully saturated rings. The molecule has 1 aromatic heterocycles. The van der Waals surface area contributed by atoms with Crippen molar-refractivity contribution in [2.45, 2.75) is 6.54 Å². The minimum absolute atomic E-state index is 0.0389. The van der Waals surface area contributed by atoms with Crippen LogP contribution in [0.3, 0.4) is 0 Å². The highest BCUT2D eigenvalue weighted by atomic mass is 127. The van der Waals surface area contributed by atoms with Gasteiger partial charge in [-0.2, -0.15) is 0 Å². The lowest BCUT2D eigenvalue weighted by atomic mass is 10.2. The van der Waals surface area contributed by atoms with Crippen molar-refractivity contribution in [1.29, 1.82) is 0 Å². The summed E-state index contributed by atoms with van der Waals surface area (Å²) >= 11 is 2.00. The van der Waals surface area contributed by atoms with Crippen LogP contribution in [0.5, 0.6) is 0 Å². The number of nitrogens with one attached hydrogen (secondary N) is 1. The SMILES string of the molecule is O=C(Cn1cnnn1)Nc1ccc(I)cc1C(=O)O. The van der Waals surface area contributed by atoms with Crippen LogP contribution in [0, 0.1) is 3.57 Å². The summed E-state index contributed by atoms with van der Waals surface area (Å²) in [5.74, 6) is -1.51. The molecule has 9 heteroatoms. The van der Waals surface area contributed by atoms with Crippen molar-refractivity contribution >= 4 is 40.2 Å². The molecule has 0 aliphatic heterocycles. The Morgan fingerprint density at radius 2 is 2.21 bits per heavy atom. The van der Waals surface area contributed by atoms with Crippen molar-refractivity contribution in [2.24, 2.45) is 0 Å². The molecule has 1 amide bonds. The second-order valence-electron chi connectivity index (χ2n) is 3.55. The Morgan fingerprint density at radius 3 is 2.84 bits per heavy atom. The molecule has 0 aliphatic rings. The van der Waals surface area contributed by atoms with E-state index in [1.165, 1.54) is 17.1 Å². The largest absolute Gasteiger partial charge is 0.478 e. The van der Waals surface area contributed by atoms with Crippen LogP contribution in [-0.2, 0) is 11.3 Å². The fraction of sp³-hybridized carbons (Fsp3) is 0.100. The van der Waals surface area contributed by atoms with Gasteiger partial charge < -0.3 is 10.4 Å². The second kappa shape index (κ2) is 5.73. The van der Waals surface area contributed by atoms with E-state index >= 15 is 0 Å². The maximum atomic E-state index is 11.7. The van der Waals surface area contributed by atoms with E-state index in [1.807, 2.05) is 22.6 Å². The molecule has 0 radical (unpaired) electrons. The van der Waals surface area contributed by atoms with Crippen molar-refractivity contribution in [1.82, 2.24) is 20.2 Å². The molecule has 98 valence electrons. The standard InChI is InChI=1S/C10H8IN5O3/c11-6-1-2-8(7(3-6)10(18)19)13-9(17)4-16-5-12-14-15-16/h1-3,5H,4H2,(H,13,17)(H,18,19). The summed E-state index contributed by atoms with van der Waals surface area (Å²) in [5.41, 5.74) is 0.281. The molecule has 8 nitrogen and oxygen atoms in total. The van der Waals surface area contributed by atoms with Crippen LogP contribution in [0.1, 0.15) is 10.4 Å². The molecule has 19 heavy (non-hydrogen) atoms. The number of carboxylic acid groups (broad SMARTS) is 1. The summed E-state index contributed by atoms with van der Waals surface area (Å²) in [4.78, 5) is 22.8. The maximum Gasteiger partial charge on any atom is 0.337 e. The first-order chi connectivity index (χ1) is 9.06. The molecule has 0 saturated carbocycles. The molecular formula is C10H8IN5O3. The van der Waals surface area contributed by atoms with Gasteiger partial charge in [0.05, 0.1) is 11.3 Å². The minimum Gasteiger partial charge on any atom is -0.478 e. The Morgan fingerprint density at radius 1 is 1.42 bits per heavy atom. The third-order valence-corrected chi connectivity index (χ3v) is 2.85. The predicted octanol–water partition coefficient (Wildman–Crippen LogP) is 0.615. The van der Waals surface area contributed by atoms with E-state index in [1.54, 1.807) is 12.1 Å². The smallest absolute Gasteiger partial charge is 0.337 e. The Labute approximate surface area is 120 Å². The zero-order chi connectivity index (χ0) is 13.8. The number of anilines is 1. The van der Waals surface area contributed by atoms with Gasteiger partial charge in [-0.3, -0.25) is 4.79 Å². The van der Waals surface area contributed by atoms with Crippen molar-refractivity contribution < 1.29 is 14.7 Å². The number of aromatic carboxylic acids is 1. The van der Waals surface area contributed by atoms with Crippen molar-refractivity contribution in [3.05, 3.63) is 33.7 Å². The van der Waals surface area contributed by atoms with Gasteiger partial charge in [-0.15, -0.1) is 5.10 Å². The summed E-state index contributed by atoms with van der Waals surface area (Å²) < 4.78 is 2.01. The monoisotopic (exact) mass is 373 g/mol. The number of tetrazole rings is 1. The summed E-state index contributed by atoms with van der Waals surface area (Å²) in [6.07, 6.45) is 1.30. The van der Waals surface area contributed by atoms with Crippen LogP contribution in [-0.4, -0.2) is 37.2 Å². The van der Waals surface area contributed by atoms with E-state index in [9.17, 15) is 9.59 Å². The number of carbonyl (C=O) groups is 2. The number of rotatable bonds is 4. The van der Waals surface area contributed by atoms with Crippen molar-refractivity contribution in [3.63, 3.8) is 0 Å². The van der Waals surface area contributed by atoms with E-state index in [0.29, 0.717) is 0 Å². The Kier molecular flexibility index (Phi) is 4.04. The number of aromatic nitrogens is 4. The lowest BCUT2D eigenvalue weighted by Crippen LogP contribution is -2.20. The average Bonchev–Trinajstić information content (AvgIpc) is 2.83. The lowest BCUT2D eigenvalue weighted by molar-refractivity contribution is -0.116. The van der Waals surface area contributed by atoms with Crippen molar-refractivity contribution in [2.75, 3.05) is 5.32 Å². The van der Waals surface area contributed by atoms with Gasteiger partial charge in [0.25, 0.3) is 0 Å². The average molecular weight is 373 g/mol. The first kappa shape index (κ1) is 13.4. The number of carbonyl (C=O) groups excluding carboxylic acids is 1. The molecule has 1 aromatic carbocycles. The number of hydrogen-bond acceptors (Lipinski definition) is 5. The summed E-state index contributed by atoms with van der Waals surface area (Å²) in [7, 11) is 0. The number of amides is 1. The molecular weight excluding hydrogens is 365 g/mol. The molecule has 0 unspecified atom stereocenters. The highest BCUT2D eigenvalue weighted by Gasteiger charge is 2.13. The predicted molar refractivity (Wildman–Crippen MR) is 72.6 cm³/mol. The summed E-state index contributed by atoms with van der Waals surface area (Å²) in [6.45, 7) is -0.0853. The van der Waals surface area contributed by atoms with Crippen LogP contribution >= 0.6 is 22.6 Å². The van der Waals surface area contributed by atoms with Crippen LogP contribution in [0.15, 0.2) is 24.5 Å². The van der Waals surface area contributed by atoms with Crippen LogP contribution < -0.4 is 5.32 Å². The molecule has 2 aromatic rings. The highest BCUT2D eigenvalue weighted by molar-refractivity contribution is 14.1. The van der Waals surface area contributed by atoms with Crippen LogP contribution in [0.4, 0.5) is 5.69 Å². The molecule has 2 rings (SSSR count). The first-order valence-corrected chi connectivity index (χ1v) is 6.17. The van der Waals surface area contributed by atoms with Crippen LogP contribution in [0.25, 0.3) is 0 Å². The van der Waals surface area contributed by atoms with Gasteiger partial charge in [0.15, 0.2) is 0 Å². The number of halogens is 1. The quantitative estimate of drug-likeness (QED) is 0.761. The van der Waals surface area contributed by atoms with E-state index < -0.39 is 11.9 Å². The minimum atomic E-state index is -1.10. The van der Waals surface area contributed by atoms with E-state index in [4.69, 9.17) is 5.11 Å². The molecule has 2 N–H and O–H groups in total. The summed E-state index contributed by atoms with van der Waals surface area (Å²) in [5, 5.41) is 21.9. The zero-order valence-corrected chi connectivity index (χ0v) is 11.6. The Bertz CT molecular complexity index is 614. The van der Waals surface area contributed by atoms with E-state index in [2.05, 4.69) is 20.8 Å². The number of hydrogen-bond donors (Lipinski definition) is 2. The van der Waals surface area contributed by atoms with Gasteiger partial charge in [0.1, 0.15) is 12.9 Å².